The lowest BCUT2D eigenvalue weighted by atomic mass is 10.1. The first-order chi connectivity index (χ1) is 11.6. The molecule has 2 atom stereocenters. The minimum atomic E-state index is -0.504. The van der Waals surface area contributed by atoms with Gasteiger partial charge in [0.1, 0.15) is 17.9 Å². The Morgan fingerprint density at radius 1 is 1.21 bits per heavy atom. The number of hydrogen-bond acceptors (Lipinski definition) is 4. The molecule has 0 fully saturated rings. The Hall–Kier alpha value is -2.89. The number of benzene rings is 2. The molecule has 1 aliphatic rings. The molecule has 0 saturated carbocycles. The maximum Gasteiger partial charge on any atom is 0.261 e. The maximum atomic E-state index is 13.8. The molecule has 0 spiro atoms. The van der Waals surface area contributed by atoms with E-state index in [2.05, 4.69) is 4.98 Å². The number of fused-ring (bicyclic) bond motifs is 2. The molecule has 0 unspecified atom stereocenters. The molecule has 0 radical (unpaired) electrons. The Bertz CT molecular complexity index is 970. The standard InChI is InChI=1S/C18H15FN2O3/c1-11(16-9-23-14-7-2-3-8-15(14)24-16)21-10-20-17-12(18(21)22)5-4-6-13(17)19/h2-8,10-11,16H,9H2,1H3/t11-,16+/m0/s1. The Kier molecular flexibility index (Phi) is 3.45. The predicted molar refractivity (Wildman–Crippen MR) is 87.0 cm³/mol. The van der Waals surface area contributed by atoms with E-state index in [1.165, 1.54) is 23.0 Å². The van der Waals surface area contributed by atoms with Gasteiger partial charge in [0.05, 0.1) is 17.8 Å². The van der Waals surface area contributed by atoms with Crippen molar-refractivity contribution < 1.29 is 13.9 Å². The average molecular weight is 326 g/mol. The lowest BCUT2D eigenvalue weighted by molar-refractivity contribution is 0.0559. The van der Waals surface area contributed by atoms with Gasteiger partial charge in [-0.3, -0.25) is 9.36 Å². The van der Waals surface area contributed by atoms with Gasteiger partial charge in [0.15, 0.2) is 17.6 Å². The first-order valence-corrected chi connectivity index (χ1v) is 7.69. The van der Waals surface area contributed by atoms with Crippen LogP contribution in [-0.4, -0.2) is 22.3 Å². The van der Waals surface area contributed by atoms with Crippen LogP contribution in [0, 0.1) is 5.82 Å². The van der Waals surface area contributed by atoms with E-state index in [9.17, 15) is 9.18 Å². The Morgan fingerprint density at radius 3 is 2.83 bits per heavy atom. The lowest BCUT2D eigenvalue weighted by Gasteiger charge is -2.31. The minimum absolute atomic E-state index is 0.0807. The van der Waals surface area contributed by atoms with Crippen LogP contribution in [0.4, 0.5) is 4.39 Å². The van der Waals surface area contributed by atoms with E-state index in [1.807, 2.05) is 31.2 Å². The number of aromatic nitrogens is 2. The fourth-order valence-corrected chi connectivity index (χ4v) is 2.87. The van der Waals surface area contributed by atoms with E-state index < -0.39 is 5.82 Å². The van der Waals surface area contributed by atoms with E-state index in [4.69, 9.17) is 9.47 Å². The van der Waals surface area contributed by atoms with Crippen LogP contribution in [0.5, 0.6) is 11.5 Å². The summed E-state index contributed by atoms with van der Waals surface area (Å²) in [6, 6.07) is 11.5. The second-order valence-electron chi connectivity index (χ2n) is 5.75. The smallest absolute Gasteiger partial charge is 0.261 e. The summed E-state index contributed by atoms with van der Waals surface area (Å²) in [7, 11) is 0. The van der Waals surface area contributed by atoms with Crippen molar-refractivity contribution in [2.75, 3.05) is 6.61 Å². The van der Waals surface area contributed by atoms with Crippen LogP contribution < -0.4 is 15.0 Å². The molecule has 122 valence electrons. The van der Waals surface area contributed by atoms with Crippen molar-refractivity contribution in [2.24, 2.45) is 0 Å². The van der Waals surface area contributed by atoms with Gasteiger partial charge >= 0.3 is 0 Å². The van der Waals surface area contributed by atoms with Crippen molar-refractivity contribution in [2.45, 2.75) is 19.1 Å². The Morgan fingerprint density at radius 2 is 2.00 bits per heavy atom. The zero-order valence-corrected chi connectivity index (χ0v) is 13.0. The van der Waals surface area contributed by atoms with Crippen LogP contribution in [0.2, 0.25) is 0 Å². The second-order valence-corrected chi connectivity index (χ2v) is 5.75. The molecular formula is C18H15FN2O3. The average Bonchev–Trinajstić information content (AvgIpc) is 2.62. The number of rotatable bonds is 2. The summed E-state index contributed by atoms with van der Waals surface area (Å²) >= 11 is 0. The molecule has 0 saturated heterocycles. The SMILES string of the molecule is C[C@@H]([C@H]1COc2ccccc2O1)n1cnc2c(F)cccc2c1=O. The molecule has 0 bridgehead atoms. The van der Waals surface area contributed by atoms with Crippen LogP contribution in [0.3, 0.4) is 0 Å². The highest BCUT2D eigenvalue weighted by Gasteiger charge is 2.28. The molecule has 6 heteroatoms. The van der Waals surface area contributed by atoms with Crippen molar-refractivity contribution in [3.05, 3.63) is 65.0 Å². The fraction of sp³-hybridized carbons (Fsp3) is 0.222. The van der Waals surface area contributed by atoms with Crippen molar-refractivity contribution in [3.8, 4) is 11.5 Å². The zero-order valence-electron chi connectivity index (χ0n) is 13.0. The third-order valence-electron chi connectivity index (χ3n) is 4.27. The van der Waals surface area contributed by atoms with Crippen LogP contribution in [-0.2, 0) is 0 Å². The summed E-state index contributed by atoms with van der Waals surface area (Å²) in [6.07, 6.45) is 1.02. The molecule has 24 heavy (non-hydrogen) atoms. The quantitative estimate of drug-likeness (QED) is 0.726. The second kappa shape index (κ2) is 5.63. The summed E-state index contributed by atoms with van der Waals surface area (Å²) in [5.41, 5.74) is -0.216. The summed E-state index contributed by atoms with van der Waals surface area (Å²) in [6.45, 7) is 2.18. The molecule has 5 nitrogen and oxygen atoms in total. The van der Waals surface area contributed by atoms with Gasteiger partial charge in [0, 0.05) is 0 Å². The molecule has 2 heterocycles. The van der Waals surface area contributed by atoms with Crippen LogP contribution >= 0.6 is 0 Å². The van der Waals surface area contributed by atoms with E-state index in [-0.39, 0.29) is 28.6 Å². The van der Waals surface area contributed by atoms with Crippen molar-refractivity contribution >= 4 is 10.9 Å². The number of nitrogens with zero attached hydrogens (tertiary/aromatic N) is 2. The molecule has 0 aliphatic carbocycles. The summed E-state index contributed by atoms with van der Waals surface area (Å²) in [4.78, 5) is 16.8. The maximum absolute atomic E-state index is 13.8. The Labute approximate surface area is 137 Å². The van der Waals surface area contributed by atoms with E-state index in [1.54, 1.807) is 6.07 Å². The molecular weight excluding hydrogens is 311 g/mol. The van der Waals surface area contributed by atoms with E-state index >= 15 is 0 Å². The van der Waals surface area contributed by atoms with Gasteiger partial charge in [0.25, 0.3) is 5.56 Å². The van der Waals surface area contributed by atoms with Crippen molar-refractivity contribution in [1.82, 2.24) is 9.55 Å². The molecule has 0 N–H and O–H groups in total. The zero-order chi connectivity index (χ0) is 16.7. The predicted octanol–water partition coefficient (Wildman–Crippen LogP) is 2.94. The number of para-hydroxylation sites is 3. The monoisotopic (exact) mass is 326 g/mol. The highest BCUT2D eigenvalue weighted by molar-refractivity contribution is 5.77. The van der Waals surface area contributed by atoms with E-state index in [0.29, 0.717) is 18.1 Å². The highest BCUT2D eigenvalue weighted by Crippen LogP contribution is 2.33. The minimum Gasteiger partial charge on any atom is -0.486 e. The normalized spacial score (nSPS) is 17.7. The summed E-state index contributed by atoms with van der Waals surface area (Å²) in [5, 5.41) is 0.251. The number of halogens is 1. The van der Waals surface area contributed by atoms with Gasteiger partial charge in [-0.2, -0.15) is 0 Å². The first-order valence-electron chi connectivity index (χ1n) is 7.69. The highest BCUT2D eigenvalue weighted by atomic mass is 19.1. The molecule has 0 amide bonds. The van der Waals surface area contributed by atoms with Crippen molar-refractivity contribution in [1.29, 1.82) is 0 Å². The Balaban J connectivity index is 1.71. The fourth-order valence-electron chi connectivity index (χ4n) is 2.87. The van der Waals surface area contributed by atoms with Crippen LogP contribution in [0.15, 0.2) is 53.6 Å². The summed E-state index contributed by atoms with van der Waals surface area (Å²) < 4.78 is 26.9. The van der Waals surface area contributed by atoms with Gasteiger partial charge in [-0.25, -0.2) is 9.37 Å². The third-order valence-corrected chi connectivity index (χ3v) is 4.27. The topological polar surface area (TPSA) is 53.4 Å². The molecule has 2 aromatic carbocycles. The first kappa shape index (κ1) is 14.7. The molecule has 1 aromatic heterocycles. The number of ether oxygens (including phenoxy) is 2. The lowest BCUT2D eigenvalue weighted by Crippen LogP contribution is -2.39. The van der Waals surface area contributed by atoms with Gasteiger partial charge in [-0.05, 0) is 31.2 Å². The molecule has 4 rings (SSSR count). The van der Waals surface area contributed by atoms with Gasteiger partial charge < -0.3 is 9.47 Å². The van der Waals surface area contributed by atoms with Gasteiger partial charge in [0.2, 0.25) is 0 Å². The summed E-state index contributed by atoms with van der Waals surface area (Å²) in [5.74, 6) is 0.830. The number of hydrogen-bond donors (Lipinski definition) is 0. The molecule has 3 aromatic rings. The van der Waals surface area contributed by atoms with Gasteiger partial charge in [-0.15, -0.1) is 0 Å². The van der Waals surface area contributed by atoms with Gasteiger partial charge in [-0.1, -0.05) is 18.2 Å². The molecule has 1 aliphatic heterocycles. The largest absolute Gasteiger partial charge is 0.486 e. The van der Waals surface area contributed by atoms with Crippen LogP contribution in [0.25, 0.3) is 10.9 Å². The van der Waals surface area contributed by atoms with Crippen molar-refractivity contribution in [3.63, 3.8) is 0 Å². The van der Waals surface area contributed by atoms with E-state index in [0.717, 1.165) is 0 Å². The van der Waals surface area contributed by atoms with Crippen LogP contribution in [0.1, 0.15) is 13.0 Å². The third kappa shape index (κ3) is 2.31.